The van der Waals surface area contributed by atoms with Gasteiger partial charge in [-0.3, -0.25) is 14.8 Å². The maximum Gasteiger partial charge on any atom is 0.250 e. The van der Waals surface area contributed by atoms with Gasteiger partial charge in [0, 0.05) is 24.4 Å². The Labute approximate surface area is 176 Å². The molecule has 1 atom stereocenters. The van der Waals surface area contributed by atoms with Crippen molar-refractivity contribution in [3.63, 3.8) is 0 Å². The molecule has 0 aromatic heterocycles. The summed E-state index contributed by atoms with van der Waals surface area (Å²) in [4.78, 5) is 23.9. The number of carbonyl (C=O) groups excluding carboxylic acids is 2. The first-order valence-corrected chi connectivity index (χ1v) is 10.4. The van der Waals surface area contributed by atoms with Gasteiger partial charge < -0.3 is 15.4 Å². The van der Waals surface area contributed by atoms with E-state index < -0.39 is 5.91 Å². The van der Waals surface area contributed by atoms with E-state index in [-0.39, 0.29) is 25.0 Å². The fraction of sp³-hybridized carbons (Fsp3) is 0.391. The van der Waals surface area contributed by atoms with E-state index in [0.717, 1.165) is 42.5 Å². The third-order valence-corrected chi connectivity index (χ3v) is 5.19. The molecule has 1 unspecified atom stereocenters. The Morgan fingerprint density at radius 3 is 2.80 bits per heavy atom. The van der Waals surface area contributed by atoms with Crippen molar-refractivity contribution in [2.45, 2.75) is 38.1 Å². The third kappa shape index (κ3) is 6.30. The van der Waals surface area contributed by atoms with Gasteiger partial charge in [-0.1, -0.05) is 42.5 Å². The van der Waals surface area contributed by atoms with Crippen LogP contribution in [0.4, 0.5) is 0 Å². The second-order valence-electron chi connectivity index (χ2n) is 7.44. The van der Waals surface area contributed by atoms with E-state index in [1.165, 1.54) is 0 Å². The molecule has 1 heterocycles. The maximum absolute atomic E-state index is 12.8. The molecule has 4 N–H and O–H groups in total. The first-order chi connectivity index (χ1) is 14.7. The van der Waals surface area contributed by atoms with Crippen molar-refractivity contribution in [2.75, 3.05) is 19.7 Å². The SMILES string of the molecule is O=C(CCCCC=C(COc1cccc2ccccc12)C(=O)NC1CCNC1)NO. The first kappa shape index (κ1) is 21.8. The summed E-state index contributed by atoms with van der Waals surface area (Å²) in [6.45, 7) is 1.86. The Morgan fingerprint density at radius 1 is 1.17 bits per heavy atom. The zero-order valence-corrected chi connectivity index (χ0v) is 17.0. The number of hydrogen-bond donors (Lipinski definition) is 4. The Balaban J connectivity index is 1.64. The summed E-state index contributed by atoms with van der Waals surface area (Å²) in [5.41, 5.74) is 2.22. The first-order valence-electron chi connectivity index (χ1n) is 10.4. The van der Waals surface area contributed by atoms with Gasteiger partial charge >= 0.3 is 0 Å². The lowest BCUT2D eigenvalue weighted by Gasteiger charge is -2.15. The number of carbonyl (C=O) groups is 2. The number of nitrogens with one attached hydrogen (secondary N) is 3. The maximum atomic E-state index is 12.8. The molecule has 0 saturated carbocycles. The van der Waals surface area contributed by atoms with Crippen LogP contribution >= 0.6 is 0 Å². The van der Waals surface area contributed by atoms with E-state index in [4.69, 9.17) is 9.94 Å². The lowest BCUT2D eigenvalue weighted by atomic mass is 10.1. The van der Waals surface area contributed by atoms with Crippen molar-refractivity contribution in [2.24, 2.45) is 0 Å². The standard InChI is InChI=1S/C23H29N3O4/c27-22(26-29)12-3-1-2-8-18(23(28)25-19-13-14-24-15-19)16-30-21-11-6-9-17-7-4-5-10-20(17)21/h4-11,19,24,29H,1-3,12-16H2,(H,25,28)(H,26,27). The predicted octanol–water partition coefficient (Wildman–Crippen LogP) is 2.69. The molecule has 160 valence electrons. The van der Waals surface area contributed by atoms with Crippen LogP contribution in [0.1, 0.15) is 32.1 Å². The molecule has 3 rings (SSSR count). The number of hydroxylamine groups is 1. The number of hydrogen-bond acceptors (Lipinski definition) is 5. The molecule has 7 nitrogen and oxygen atoms in total. The molecule has 0 radical (unpaired) electrons. The highest BCUT2D eigenvalue weighted by Gasteiger charge is 2.19. The van der Waals surface area contributed by atoms with Crippen molar-refractivity contribution in [3.8, 4) is 5.75 Å². The van der Waals surface area contributed by atoms with Crippen molar-refractivity contribution < 1.29 is 19.5 Å². The molecule has 1 fully saturated rings. The zero-order valence-electron chi connectivity index (χ0n) is 17.0. The minimum absolute atomic E-state index is 0.114. The van der Waals surface area contributed by atoms with Crippen LogP contribution in [0.25, 0.3) is 10.8 Å². The fourth-order valence-electron chi connectivity index (χ4n) is 3.51. The largest absolute Gasteiger partial charge is 0.488 e. The molecule has 1 aliphatic heterocycles. The predicted molar refractivity (Wildman–Crippen MR) is 115 cm³/mol. The highest BCUT2D eigenvalue weighted by molar-refractivity contribution is 5.94. The molecule has 0 aliphatic carbocycles. The van der Waals surface area contributed by atoms with E-state index in [0.29, 0.717) is 18.4 Å². The van der Waals surface area contributed by atoms with Crippen molar-refractivity contribution in [3.05, 3.63) is 54.1 Å². The highest BCUT2D eigenvalue weighted by Crippen LogP contribution is 2.25. The molecule has 1 saturated heterocycles. The van der Waals surface area contributed by atoms with E-state index in [9.17, 15) is 9.59 Å². The van der Waals surface area contributed by atoms with Crippen LogP contribution < -0.4 is 20.9 Å². The number of ether oxygens (including phenoxy) is 1. The van der Waals surface area contributed by atoms with Gasteiger partial charge in [-0.15, -0.1) is 0 Å². The van der Waals surface area contributed by atoms with Gasteiger partial charge in [0.15, 0.2) is 0 Å². The zero-order chi connectivity index (χ0) is 21.2. The smallest absolute Gasteiger partial charge is 0.250 e. The summed E-state index contributed by atoms with van der Waals surface area (Å²) < 4.78 is 6.04. The van der Waals surface area contributed by atoms with Crippen molar-refractivity contribution in [1.82, 2.24) is 16.1 Å². The van der Waals surface area contributed by atoms with Crippen molar-refractivity contribution >= 4 is 22.6 Å². The van der Waals surface area contributed by atoms with Gasteiger partial charge in [-0.2, -0.15) is 0 Å². The van der Waals surface area contributed by atoms with E-state index in [1.807, 2.05) is 48.5 Å². The summed E-state index contributed by atoms with van der Waals surface area (Å²) in [7, 11) is 0. The highest BCUT2D eigenvalue weighted by atomic mass is 16.5. The lowest BCUT2D eigenvalue weighted by molar-refractivity contribution is -0.129. The fourth-order valence-corrected chi connectivity index (χ4v) is 3.51. The molecule has 2 aromatic rings. The molecule has 2 aromatic carbocycles. The Morgan fingerprint density at radius 2 is 2.00 bits per heavy atom. The van der Waals surface area contributed by atoms with E-state index in [2.05, 4.69) is 10.6 Å². The molecule has 2 amide bonds. The number of allylic oxidation sites excluding steroid dienone is 1. The summed E-state index contributed by atoms with van der Waals surface area (Å²) in [6.07, 6.45) is 5.09. The second kappa shape index (κ2) is 11.3. The Bertz CT molecular complexity index is 886. The average Bonchev–Trinajstić information content (AvgIpc) is 3.28. The minimum atomic E-state index is -0.398. The van der Waals surface area contributed by atoms with Crippen LogP contribution in [0, 0.1) is 0 Å². The summed E-state index contributed by atoms with van der Waals surface area (Å²) in [5, 5.41) is 17.0. The number of amides is 2. The number of rotatable bonds is 10. The second-order valence-corrected chi connectivity index (χ2v) is 7.44. The van der Waals surface area contributed by atoms with Gasteiger partial charge in [0.1, 0.15) is 12.4 Å². The van der Waals surface area contributed by atoms with Gasteiger partial charge in [0.2, 0.25) is 5.91 Å². The quantitative estimate of drug-likeness (QED) is 0.209. The average molecular weight is 412 g/mol. The number of benzene rings is 2. The normalized spacial score (nSPS) is 16.4. The third-order valence-electron chi connectivity index (χ3n) is 5.19. The monoisotopic (exact) mass is 411 g/mol. The molecule has 0 bridgehead atoms. The van der Waals surface area contributed by atoms with Gasteiger partial charge in [-0.05, 0) is 43.7 Å². The van der Waals surface area contributed by atoms with Gasteiger partial charge in [0.25, 0.3) is 5.91 Å². The topological polar surface area (TPSA) is 99.7 Å². The number of unbranched alkanes of at least 4 members (excludes halogenated alkanes) is 2. The molecule has 1 aliphatic rings. The Kier molecular flexibility index (Phi) is 8.23. The molecular weight excluding hydrogens is 382 g/mol. The van der Waals surface area contributed by atoms with E-state index in [1.54, 1.807) is 5.48 Å². The molecule has 30 heavy (non-hydrogen) atoms. The van der Waals surface area contributed by atoms with Crippen LogP contribution in [0.15, 0.2) is 54.1 Å². The van der Waals surface area contributed by atoms with Crippen LogP contribution in [-0.4, -0.2) is 42.8 Å². The molecular formula is C23H29N3O4. The van der Waals surface area contributed by atoms with Crippen LogP contribution in [0.5, 0.6) is 5.75 Å². The van der Waals surface area contributed by atoms with Gasteiger partial charge in [-0.25, -0.2) is 5.48 Å². The molecule has 0 spiro atoms. The molecule has 7 heteroatoms. The van der Waals surface area contributed by atoms with Gasteiger partial charge in [0.05, 0.1) is 5.57 Å². The lowest BCUT2D eigenvalue weighted by Crippen LogP contribution is -2.38. The Hall–Kier alpha value is -2.90. The summed E-state index contributed by atoms with van der Waals surface area (Å²) in [6, 6.07) is 14.0. The van der Waals surface area contributed by atoms with Crippen molar-refractivity contribution in [1.29, 1.82) is 0 Å². The summed E-state index contributed by atoms with van der Waals surface area (Å²) >= 11 is 0. The number of fused-ring (bicyclic) bond motifs is 1. The van der Waals surface area contributed by atoms with E-state index >= 15 is 0 Å². The van der Waals surface area contributed by atoms with Crippen LogP contribution in [0.2, 0.25) is 0 Å². The summed E-state index contributed by atoms with van der Waals surface area (Å²) in [5.74, 6) is 0.232. The van der Waals surface area contributed by atoms with Crippen LogP contribution in [-0.2, 0) is 9.59 Å². The minimum Gasteiger partial charge on any atom is -0.488 e. The van der Waals surface area contributed by atoms with Crippen LogP contribution in [0.3, 0.4) is 0 Å².